The van der Waals surface area contributed by atoms with Gasteiger partial charge in [0.1, 0.15) is 5.82 Å². The molecule has 0 unspecified atom stereocenters. The van der Waals surface area contributed by atoms with Crippen molar-refractivity contribution in [2.45, 2.75) is 38.3 Å². The molecule has 1 aromatic carbocycles. The number of hydrogen-bond donors (Lipinski definition) is 2. The van der Waals surface area contributed by atoms with Crippen molar-refractivity contribution < 1.29 is 9.53 Å². The van der Waals surface area contributed by atoms with Gasteiger partial charge in [-0.2, -0.15) is 0 Å². The quantitative estimate of drug-likeness (QED) is 0.527. The second-order valence-electron chi connectivity index (χ2n) is 10.3. The van der Waals surface area contributed by atoms with E-state index in [1.807, 2.05) is 24.3 Å². The molecule has 3 aliphatic rings. The van der Waals surface area contributed by atoms with Crippen molar-refractivity contribution in [1.82, 2.24) is 30.4 Å². The second kappa shape index (κ2) is 11.0. The summed E-state index contributed by atoms with van der Waals surface area (Å²) in [7, 11) is 0. The molecule has 0 saturated carbocycles. The van der Waals surface area contributed by atoms with Gasteiger partial charge < -0.3 is 24.8 Å². The summed E-state index contributed by atoms with van der Waals surface area (Å²) >= 11 is 0. The number of hydrogen-bond acceptors (Lipinski definition) is 8. The highest BCUT2D eigenvalue weighted by Gasteiger charge is 2.28. The summed E-state index contributed by atoms with van der Waals surface area (Å²) in [4.78, 5) is 27.7. The highest BCUT2D eigenvalue weighted by atomic mass is 16.5. The van der Waals surface area contributed by atoms with Crippen LogP contribution in [0, 0.1) is 5.92 Å². The summed E-state index contributed by atoms with van der Waals surface area (Å²) in [6.45, 7) is 7.90. The Hall–Kier alpha value is -3.24. The molecule has 2 N–H and O–H groups in total. The van der Waals surface area contributed by atoms with Gasteiger partial charge in [-0.1, -0.05) is 12.1 Å². The number of fused-ring (bicyclic) bond motifs is 1. The molecule has 3 saturated heterocycles. The molecule has 0 atom stereocenters. The molecule has 3 aliphatic heterocycles. The summed E-state index contributed by atoms with van der Waals surface area (Å²) in [5.74, 6) is 2.76. The number of rotatable bonds is 6. The number of ether oxygens (including phenoxy) is 1. The van der Waals surface area contributed by atoms with E-state index >= 15 is 0 Å². The lowest BCUT2D eigenvalue weighted by atomic mass is 9.96. The lowest BCUT2D eigenvalue weighted by molar-refractivity contribution is -0.125. The first-order chi connectivity index (χ1) is 18.2. The van der Waals surface area contributed by atoms with Crippen LogP contribution in [0.2, 0.25) is 0 Å². The maximum atomic E-state index is 12.8. The van der Waals surface area contributed by atoms with Crippen LogP contribution in [0.3, 0.4) is 0 Å². The van der Waals surface area contributed by atoms with Crippen LogP contribution in [0.1, 0.15) is 31.5 Å². The van der Waals surface area contributed by atoms with E-state index in [0.717, 1.165) is 107 Å². The molecule has 3 aromatic rings. The van der Waals surface area contributed by atoms with E-state index in [4.69, 9.17) is 4.74 Å². The average Bonchev–Trinajstić information content (AvgIpc) is 3.40. The first-order valence-corrected chi connectivity index (χ1v) is 13.6. The minimum absolute atomic E-state index is 0.0145. The molecule has 3 fully saturated rings. The van der Waals surface area contributed by atoms with Crippen LogP contribution in [-0.2, 0) is 16.1 Å². The third-order valence-corrected chi connectivity index (χ3v) is 8.05. The Morgan fingerprint density at radius 1 is 0.892 bits per heavy atom. The molecule has 10 heteroatoms. The number of carbonyl (C=O) groups excluding carboxylic acids is 1. The molecule has 0 bridgehead atoms. The largest absolute Gasteiger partial charge is 0.379 e. The molecule has 37 heavy (non-hydrogen) atoms. The molecule has 196 valence electrons. The van der Waals surface area contributed by atoms with Crippen LogP contribution in [-0.4, -0.2) is 89.5 Å². The third kappa shape index (κ3) is 5.55. The van der Waals surface area contributed by atoms with Crippen molar-refractivity contribution in [3.63, 3.8) is 0 Å². The topological polar surface area (TPSA) is 103 Å². The number of aromatic amines is 1. The molecule has 0 aliphatic carbocycles. The molecule has 5 heterocycles. The van der Waals surface area contributed by atoms with Crippen LogP contribution < -0.4 is 15.1 Å². The van der Waals surface area contributed by atoms with Crippen LogP contribution in [0.15, 0.2) is 36.4 Å². The molecule has 10 nitrogen and oxygen atoms in total. The van der Waals surface area contributed by atoms with Crippen LogP contribution in [0.25, 0.3) is 11.0 Å². The monoisotopic (exact) mass is 504 g/mol. The smallest absolute Gasteiger partial charge is 0.223 e. The molecule has 0 radical (unpaired) electrons. The molecule has 1 amide bonds. The Morgan fingerprint density at radius 3 is 2.19 bits per heavy atom. The number of amides is 1. The fraction of sp³-hybridized carbons (Fsp3) is 0.556. The highest BCUT2D eigenvalue weighted by Crippen LogP contribution is 2.25. The zero-order valence-corrected chi connectivity index (χ0v) is 21.3. The zero-order valence-electron chi connectivity index (χ0n) is 21.3. The number of nitrogens with zero attached hydrogens (tertiary/aromatic N) is 6. The molecule has 2 aromatic heterocycles. The Morgan fingerprint density at radius 2 is 1.54 bits per heavy atom. The number of piperidine rings is 2. The van der Waals surface area contributed by atoms with E-state index < -0.39 is 0 Å². The first-order valence-electron chi connectivity index (χ1n) is 13.6. The average molecular weight is 505 g/mol. The second-order valence-corrected chi connectivity index (χ2v) is 10.3. The fourth-order valence-electron chi connectivity index (χ4n) is 5.83. The SMILES string of the molecule is O=C(NCc1nc2ccccc2[nH]1)C1CCN(c2ccc(N3CCC(N4CCOCC4)CC3)nn2)CC1. The Bertz CT molecular complexity index is 1140. The van der Waals surface area contributed by atoms with E-state index in [-0.39, 0.29) is 11.8 Å². The Balaban J connectivity index is 0.956. The number of anilines is 2. The fourth-order valence-corrected chi connectivity index (χ4v) is 5.83. The van der Waals surface area contributed by atoms with Gasteiger partial charge in [0.15, 0.2) is 11.6 Å². The summed E-state index contributed by atoms with van der Waals surface area (Å²) in [6, 6.07) is 12.7. The van der Waals surface area contributed by atoms with Crippen molar-refractivity contribution >= 4 is 28.6 Å². The molecular weight excluding hydrogens is 468 g/mol. The van der Waals surface area contributed by atoms with E-state index in [9.17, 15) is 4.79 Å². The van der Waals surface area contributed by atoms with E-state index in [0.29, 0.717) is 12.6 Å². The van der Waals surface area contributed by atoms with Gasteiger partial charge in [0, 0.05) is 51.2 Å². The van der Waals surface area contributed by atoms with Gasteiger partial charge in [0.05, 0.1) is 30.8 Å². The van der Waals surface area contributed by atoms with Gasteiger partial charge >= 0.3 is 0 Å². The Kier molecular flexibility index (Phi) is 7.18. The third-order valence-electron chi connectivity index (χ3n) is 8.05. The number of benzene rings is 1. The van der Waals surface area contributed by atoms with Crippen LogP contribution in [0.4, 0.5) is 11.6 Å². The van der Waals surface area contributed by atoms with E-state index in [1.165, 1.54) is 0 Å². The normalized spacial score (nSPS) is 20.4. The zero-order chi connectivity index (χ0) is 25.0. The highest BCUT2D eigenvalue weighted by molar-refractivity contribution is 5.79. The summed E-state index contributed by atoms with van der Waals surface area (Å²) < 4.78 is 5.50. The van der Waals surface area contributed by atoms with Crippen LogP contribution in [0.5, 0.6) is 0 Å². The standard InChI is InChI=1S/C27H36N8O2/c36-27(28-19-24-29-22-3-1-2-4-23(22)30-24)20-7-11-34(12-8-20)25-5-6-26(32-31-25)35-13-9-21(10-14-35)33-15-17-37-18-16-33/h1-6,20-21H,7-19H2,(H,28,36)(H,29,30). The minimum atomic E-state index is 0.0145. The number of carbonyl (C=O) groups is 1. The summed E-state index contributed by atoms with van der Waals surface area (Å²) in [5.41, 5.74) is 1.91. The maximum Gasteiger partial charge on any atom is 0.223 e. The Labute approximate surface area is 217 Å². The van der Waals surface area contributed by atoms with Crippen molar-refractivity contribution in [1.29, 1.82) is 0 Å². The van der Waals surface area contributed by atoms with Crippen molar-refractivity contribution in [2.75, 3.05) is 62.3 Å². The molecular formula is C27H36N8O2. The number of H-pyrrole nitrogens is 1. The summed E-state index contributed by atoms with van der Waals surface area (Å²) in [6.07, 6.45) is 3.94. The van der Waals surface area contributed by atoms with Crippen LogP contribution >= 0.6 is 0 Å². The predicted octanol–water partition coefficient (Wildman–Crippen LogP) is 2.19. The summed E-state index contributed by atoms with van der Waals surface area (Å²) in [5, 5.41) is 12.2. The van der Waals surface area contributed by atoms with Gasteiger partial charge in [-0.15, -0.1) is 10.2 Å². The first kappa shape index (κ1) is 24.1. The number of para-hydroxylation sites is 2. The van der Waals surface area contributed by atoms with Gasteiger partial charge in [-0.25, -0.2) is 4.98 Å². The van der Waals surface area contributed by atoms with Gasteiger partial charge in [0.2, 0.25) is 5.91 Å². The van der Waals surface area contributed by atoms with Gasteiger partial charge in [0.25, 0.3) is 0 Å². The predicted molar refractivity (Wildman–Crippen MR) is 143 cm³/mol. The number of aromatic nitrogens is 4. The van der Waals surface area contributed by atoms with Gasteiger partial charge in [-0.05, 0) is 49.9 Å². The maximum absolute atomic E-state index is 12.8. The van der Waals surface area contributed by atoms with Gasteiger partial charge in [-0.3, -0.25) is 9.69 Å². The lowest BCUT2D eigenvalue weighted by Crippen LogP contribution is -2.49. The number of imidazole rings is 1. The van der Waals surface area contributed by atoms with Crippen molar-refractivity contribution in [2.24, 2.45) is 5.92 Å². The van der Waals surface area contributed by atoms with Crippen molar-refractivity contribution in [3.8, 4) is 0 Å². The van der Waals surface area contributed by atoms with E-state index in [2.05, 4.69) is 52.3 Å². The van der Waals surface area contributed by atoms with Crippen molar-refractivity contribution in [3.05, 3.63) is 42.2 Å². The minimum Gasteiger partial charge on any atom is -0.379 e. The molecule has 0 spiro atoms. The lowest BCUT2D eigenvalue weighted by Gasteiger charge is -2.40. The van der Waals surface area contributed by atoms with E-state index in [1.54, 1.807) is 0 Å². The molecule has 6 rings (SSSR count). The number of morpholine rings is 1. The number of nitrogens with one attached hydrogen (secondary N) is 2.